The molecule has 0 radical (unpaired) electrons. The predicted molar refractivity (Wildman–Crippen MR) is 236 cm³/mol. The molecular weight excluding hydrogens is 867 g/mol. The molecule has 65 heavy (non-hydrogen) atoms. The number of phosphoric ester groups is 1. The van der Waals surface area contributed by atoms with Crippen molar-refractivity contribution in [1.82, 2.24) is 35.7 Å². The van der Waals surface area contributed by atoms with Gasteiger partial charge in [0.1, 0.15) is 30.2 Å². The average molecular weight is 935 g/mol. The van der Waals surface area contributed by atoms with Gasteiger partial charge in [-0.05, 0) is 56.9 Å². The van der Waals surface area contributed by atoms with Crippen LogP contribution in [0.3, 0.4) is 0 Å². The number of unbranched alkanes of at least 4 members (excludes halogenated alkanes) is 5. The van der Waals surface area contributed by atoms with Gasteiger partial charge in [-0.2, -0.15) is 0 Å². The second kappa shape index (κ2) is 27.3. The van der Waals surface area contributed by atoms with E-state index in [4.69, 9.17) is 15.4 Å². The van der Waals surface area contributed by atoms with Crippen molar-refractivity contribution in [2.24, 2.45) is 11.7 Å². The van der Waals surface area contributed by atoms with E-state index in [9.17, 15) is 48.1 Å². The van der Waals surface area contributed by atoms with E-state index in [1.54, 1.807) is 12.5 Å². The lowest BCUT2D eigenvalue weighted by atomic mass is 10.0. The molecule has 6 amide bonds. The number of aliphatic hydroxyl groups excluding tert-OH is 1. The van der Waals surface area contributed by atoms with Crippen molar-refractivity contribution in [3.63, 3.8) is 0 Å². The molecule has 1 aliphatic heterocycles. The molecule has 1 aromatic heterocycles. The fraction of sp³-hybridized carbons (Fsp3) is 0.628. The van der Waals surface area contributed by atoms with Gasteiger partial charge in [0.2, 0.25) is 35.4 Å². The van der Waals surface area contributed by atoms with Crippen LogP contribution in [-0.2, 0) is 66.6 Å². The van der Waals surface area contributed by atoms with E-state index in [0.717, 1.165) is 51.9 Å². The summed E-state index contributed by atoms with van der Waals surface area (Å²) >= 11 is 0. The number of aromatic nitrogens is 2. The highest BCUT2D eigenvalue weighted by atomic mass is 31.2. The van der Waals surface area contributed by atoms with Crippen molar-refractivity contribution in [2.45, 2.75) is 148 Å². The van der Waals surface area contributed by atoms with Crippen molar-refractivity contribution in [3.05, 3.63) is 54.1 Å². The number of aryl methyl sites for hydroxylation is 2. The summed E-state index contributed by atoms with van der Waals surface area (Å²) in [6, 6.07) is 3.45. The van der Waals surface area contributed by atoms with E-state index in [0.29, 0.717) is 31.6 Å². The van der Waals surface area contributed by atoms with Gasteiger partial charge in [-0.15, -0.1) is 0 Å². The summed E-state index contributed by atoms with van der Waals surface area (Å²) < 4.78 is 23.8. The molecule has 2 heterocycles. The van der Waals surface area contributed by atoms with E-state index in [-0.39, 0.29) is 24.7 Å². The number of benzene rings is 1. The Hall–Kier alpha value is -5.21. The number of carbonyl (C=O) groups is 7. The van der Waals surface area contributed by atoms with Gasteiger partial charge in [0, 0.05) is 38.3 Å². The van der Waals surface area contributed by atoms with E-state index in [1.807, 2.05) is 36.6 Å². The SMILES string of the molecule is CC(=O)N1CCC[C@H]1C(=O)N[C@@H](CC(C)C)C(=O)N[C@@H](Cc1cncn1CCCCCCCCc1ccccc1)C(=O)N[C@@H](CO)C(=O)N[C@H](C(N)=O)[C@@H](C)OP(=O)(O)OCCC(=O)O. The Morgan fingerprint density at radius 3 is 2.15 bits per heavy atom. The van der Waals surface area contributed by atoms with Crippen LogP contribution in [0.15, 0.2) is 42.9 Å². The number of amides is 6. The van der Waals surface area contributed by atoms with Crippen molar-refractivity contribution in [1.29, 1.82) is 0 Å². The third kappa shape index (κ3) is 19.0. The average Bonchev–Trinajstić information content (AvgIpc) is 3.92. The number of hydrogen-bond acceptors (Lipinski definition) is 12. The summed E-state index contributed by atoms with van der Waals surface area (Å²) in [5, 5.41) is 29.1. The lowest BCUT2D eigenvalue weighted by Gasteiger charge is -2.28. The maximum absolute atomic E-state index is 14.1. The molecule has 3 rings (SSSR count). The largest absolute Gasteiger partial charge is 0.481 e. The molecule has 1 fully saturated rings. The Morgan fingerprint density at radius 1 is 0.892 bits per heavy atom. The molecule has 0 saturated carbocycles. The fourth-order valence-corrected chi connectivity index (χ4v) is 8.37. The summed E-state index contributed by atoms with van der Waals surface area (Å²) in [6.07, 6.45) is 9.04. The lowest BCUT2D eigenvalue weighted by Crippen LogP contribution is -2.61. The molecular formula is C43H67N8O13P. The van der Waals surface area contributed by atoms with Gasteiger partial charge < -0.3 is 51.6 Å². The van der Waals surface area contributed by atoms with Crippen LogP contribution in [0, 0.1) is 5.92 Å². The minimum Gasteiger partial charge on any atom is -0.481 e. The zero-order valence-electron chi connectivity index (χ0n) is 37.7. The lowest BCUT2D eigenvalue weighted by molar-refractivity contribution is -0.139. The zero-order chi connectivity index (χ0) is 48.1. The maximum atomic E-state index is 14.1. The number of carbonyl (C=O) groups excluding carboxylic acids is 6. The minimum atomic E-state index is -4.95. The highest BCUT2D eigenvalue weighted by molar-refractivity contribution is 7.47. The highest BCUT2D eigenvalue weighted by Gasteiger charge is 2.38. The fourth-order valence-electron chi connectivity index (χ4n) is 7.45. The molecule has 1 aromatic carbocycles. The molecule has 7 atom stereocenters. The van der Waals surface area contributed by atoms with E-state index >= 15 is 0 Å². The van der Waals surface area contributed by atoms with Crippen LogP contribution in [0.25, 0.3) is 0 Å². The summed E-state index contributed by atoms with van der Waals surface area (Å²) in [5.74, 6) is -6.26. The molecule has 0 spiro atoms. The Balaban J connectivity index is 1.77. The molecule has 2 aromatic rings. The van der Waals surface area contributed by atoms with Crippen molar-refractivity contribution in [3.8, 4) is 0 Å². The van der Waals surface area contributed by atoms with Crippen LogP contribution in [0.2, 0.25) is 0 Å². The first-order chi connectivity index (χ1) is 30.8. The molecule has 1 unspecified atom stereocenters. The minimum absolute atomic E-state index is 0.0980. The predicted octanol–water partition coefficient (Wildman–Crippen LogP) is 1.48. The monoisotopic (exact) mass is 934 g/mol. The number of phosphoric acid groups is 1. The number of likely N-dealkylation sites (tertiary alicyclic amines) is 1. The summed E-state index contributed by atoms with van der Waals surface area (Å²) in [4.78, 5) is 106. The molecule has 0 aliphatic carbocycles. The van der Waals surface area contributed by atoms with Gasteiger partial charge in [0.25, 0.3) is 0 Å². The molecule has 1 saturated heterocycles. The number of aliphatic hydroxyl groups is 1. The topological polar surface area (TPSA) is 311 Å². The Labute approximate surface area is 379 Å². The molecule has 9 N–H and O–H groups in total. The Kier molecular flexibility index (Phi) is 22.7. The number of carboxylic acids is 1. The second-order valence-corrected chi connectivity index (χ2v) is 18.1. The number of rotatable bonds is 30. The molecule has 21 nitrogen and oxygen atoms in total. The Bertz CT molecular complexity index is 1930. The van der Waals surface area contributed by atoms with Crippen molar-refractivity contribution >= 4 is 49.2 Å². The molecule has 362 valence electrons. The third-order valence-corrected chi connectivity index (χ3v) is 12.0. The number of aliphatic carboxylic acids is 1. The first-order valence-corrected chi connectivity index (χ1v) is 23.6. The highest BCUT2D eigenvalue weighted by Crippen LogP contribution is 2.45. The van der Waals surface area contributed by atoms with E-state index in [2.05, 4.69) is 42.9 Å². The number of carboxylic acid groups (broad SMARTS) is 1. The van der Waals surface area contributed by atoms with Crippen LogP contribution in [0.5, 0.6) is 0 Å². The Morgan fingerprint density at radius 2 is 1.52 bits per heavy atom. The van der Waals surface area contributed by atoms with E-state index in [1.165, 1.54) is 17.4 Å². The first kappa shape index (κ1) is 54.1. The maximum Gasteiger partial charge on any atom is 0.472 e. The molecule has 1 aliphatic rings. The zero-order valence-corrected chi connectivity index (χ0v) is 38.6. The quantitative estimate of drug-likeness (QED) is 0.0407. The van der Waals surface area contributed by atoms with Gasteiger partial charge in [0.15, 0.2) is 0 Å². The third-order valence-electron chi connectivity index (χ3n) is 10.9. The van der Waals surface area contributed by atoms with Gasteiger partial charge in [-0.3, -0.25) is 42.6 Å². The standard InChI is InChI=1S/C43H67N8O13P/c1-28(2)23-33(47-43(60)36-18-14-21-51(36)30(4)53)40(57)46-34(24-32-25-45-27-50(32)20-13-8-6-5-7-10-15-31-16-11-9-12-17-31)41(58)48-35(26-52)42(59)49-38(39(44)56)29(3)64-65(61,62)63-22-19-37(54)55/h9,11-12,16-17,25,27-29,33-36,38,52H,5-8,10,13-15,18-24,26H2,1-4H3,(H2,44,56)(H,46,57)(H,47,60)(H,48,58)(H,49,59)(H,54,55)(H,61,62)/t29-,33+,34+,35+,36+,38+/m1/s1. The van der Waals surface area contributed by atoms with Gasteiger partial charge in [0.05, 0.1) is 32.1 Å². The van der Waals surface area contributed by atoms with E-state index < -0.39 is 99.3 Å². The van der Waals surface area contributed by atoms with Gasteiger partial charge >= 0.3 is 13.8 Å². The number of primary amides is 1. The van der Waals surface area contributed by atoms with Gasteiger partial charge in [-0.25, -0.2) is 9.55 Å². The van der Waals surface area contributed by atoms with Crippen LogP contribution < -0.4 is 27.0 Å². The summed E-state index contributed by atoms with van der Waals surface area (Å²) in [5.41, 5.74) is 7.33. The van der Waals surface area contributed by atoms with Crippen molar-refractivity contribution in [2.75, 3.05) is 19.8 Å². The van der Waals surface area contributed by atoms with Crippen LogP contribution in [0.4, 0.5) is 0 Å². The normalized spacial score (nSPS) is 17.0. The number of imidazole rings is 1. The van der Waals surface area contributed by atoms with Crippen molar-refractivity contribution < 1.29 is 62.3 Å². The number of hydrogen-bond donors (Lipinski definition) is 8. The number of nitrogens with two attached hydrogens (primary N) is 1. The van der Waals surface area contributed by atoms with Gasteiger partial charge in [-0.1, -0.05) is 69.9 Å². The number of nitrogens with one attached hydrogen (secondary N) is 4. The van der Waals surface area contributed by atoms with Crippen LogP contribution in [0.1, 0.15) is 103 Å². The van der Waals surface area contributed by atoms with Crippen LogP contribution >= 0.6 is 7.82 Å². The number of nitrogens with zero attached hydrogens (tertiary/aromatic N) is 3. The first-order valence-electron chi connectivity index (χ1n) is 22.1. The second-order valence-electron chi connectivity index (χ2n) is 16.7. The smallest absolute Gasteiger partial charge is 0.472 e. The summed E-state index contributed by atoms with van der Waals surface area (Å²) in [7, 11) is -4.95. The summed E-state index contributed by atoms with van der Waals surface area (Å²) in [6.45, 7) is 5.39. The molecule has 22 heteroatoms. The molecule has 0 bridgehead atoms. The van der Waals surface area contributed by atoms with Crippen LogP contribution in [-0.4, -0.2) is 127 Å².